The van der Waals surface area contributed by atoms with E-state index in [-0.39, 0.29) is 21.7 Å². The fourth-order valence-electron chi connectivity index (χ4n) is 0.340. The van der Waals surface area contributed by atoms with Crippen LogP contribution in [-0.4, -0.2) is 33.2 Å². The Morgan fingerprint density at radius 2 is 0.926 bits per heavy atom. The van der Waals surface area contributed by atoms with Gasteiger partial charge >= 0.3 is 17.9 Å². The third kappa shape index (κ3) is 26.9. The van der Waals surface area contributed by atoms with Crippen molar-refractivity contribution in [1.29, 1.82) is 0 Å². The molecule has 3 N–H and O–H groups in total. The van der Waals surface area contributed by atoms with Gasteiger partial charge in [0.15, 0.2) is 0 Å². The fraction of sp³-hybridized carbons (Fsp3) is 0.650. The standard InChI is InChI=1S/3C5H10O2.C5H5.Ti/c3*1-5(2,3)4(6)7;1-2-4-5-3-1;/h3*1-3H3,(H,6,7);1-3H,4H2;/q;;;-1;. The number of allylic oxidation sites excluding steroid dienone is 4. The van der Waals surface area contributed by atoms with Crippen molar-refractivity contribution >= 4 is 17.9 Å². The molecule has 1 rings (SSSR count). The molecule has 0 bridgehead atoms. The van der Waals surface area contributed by atoms with Gasteiger partial charge in [-0.3, -0.25) is 20.5 Å². The van der Waals surface area contributed by atoms with Crippen LogP contribution in [-0.2, 0) is 36.1 Å². The molecule has 0 aromatic rings. The van der Waals surface area contributed by atoms with Crippen LogP contribution in [0.5, 0.6) is 0 Å². The maximum Gasteiger partial charge on any atom is 0.308 e. The minimum atomic E-state index is -0.757. The van der Waals surface area contributed by atoms with Crippen LogP contribution in [0.1, 0.15) is 68.7 Å². The number of rotatable bonds is 0. The number of hydrogen-bond acceptors (Lipinski definition) is 3. The molecular formula is C20H35O6Ti-. The molecule has 0 aliphatic heterocycles. The third-order valence-electron chi connectivity index (χ3n) is 2.51. The van der Waals surface area contributed by atoms with Crippen LogP contribution in [0.15, 0.2) is 18.2 Å². The Morgan fingerprint density at radius 1 is 0.704 bits per heavy atom. The van der Waals surface area contributed by atoms with Crippen LogP contribution in [0.2, 0.25) is 0 Å². The summed E-state index contributed by atoms with van der Waals surface area (Å²) in [5.41, 5.74) is -1.75. The average molecular weight is 419 g/mol. The predicted molar refractivity (Wildman–Crippen MR) is 103 cm³/mol. The SMILES string of the molecule is CC(C)(C)C(=O)O.CC(C)(C)C(=O)O.CC(C)(C)C(=O)O.[C-]1=CC=CC1.[Ti]. The van der Waals surface area contributed by atoms with E-state index in [2.05, 4.69) is 12.2 Å². The minimum Gasteiger partial charge on any atom is -0.481 e. The van der Waals surface area contributed by atoms with E-state index in [9.17, 15) is 14.4 Å². The zero-order chi connectivity index (χ0) is 21.8. The second-order valence-electron chi connectivity index (χ2n) is 8.67. The van der Waals surface area contributed by atoms with Gasteiger partial charge in [-0.05, 0) is 62.3 Å². The molecule has 0 radical (unpaired) electrons. The maximum absolute atomic E-state index is 10.0. The van der Waals surface area contributed by atoms with Gasteiger partial charge in [0.2, 0.25) is 0 Å². The Labute approximate surface area is 178 Å². The molecule has 156 valence electrons. The van der Waals surface area contributed by atoms with Gasteiger partial charge < -0.3 is 15.3 Å². The van der Waals surface area contributed by atoms with E-state index in [1.54, 1.807) is 62.3 Å². The third-order valence-corrected chi connectivity index (χ3v) is 2.51. The van der Waals surface area contributed by atoms with Crippen molar-refractivity contribution in [3.8, 4) is 0 Å². The van der Waals surface area contributed by atoms with E-state index < -0.39 is 34.2 Å². The summed E-state index contributed by atoms with van der Waals surface area (Å²) >= 11 is 0. The Bertz CT molecular complexity index is 433. The Morgan fingerprint density at radius 3 is 0.963 bits per heavy atom. The van der Waals surface area contributed by atoms with Crippen LogP contribution in [0, 0.1) is 22.3 Å². The van der Waals surface area contributed by atoms with Crippen LogP contribution in [0.25, 0.3) is 0 Å². The molecule has 0 aromatic heterocycles. The van der Waals surface area contributed by atoms with E-state index in [0.29, 0.717) is 0 Å². The first-order valence-corrected chi connectivity index (χ1v) is 8.25. The van der Waals surface area contributed by atoms with E-state index >= 15 is 0 Å². The molecular weight excluding hydrogens is 384 g/mol. The van der Waals surface area contributed by atoms with E-state index in [1.807, 2.05) is 12.2 Å². The fourth-order valence-corrected chi connectivity index (χ4v) is 0.340. The normalized spacial score (nSPS) is 12.0. The van der Waals surface area contributed by atoms with E-state index in [0.717, 1.165) is 6.42 Å². The molecule has 0 unspecified atom stereocenters. The number of carboxylic acids is 3. The van der Waals surface area contributed by atoms with E-state index in [4.69, 9.17) is 15.3 Å². The summed E-state index contributed by atoms with van der Waals surface area (Å²) in [7, 11) is 0. The van der Waals surface area contributed by atoms with Gasteiger partial charge in [0, 0.05) is 21.7 Å². The van der Waals surface area contributed by atoms with Crippen molar-refractivity contribution in [2.24, 2.45) is 16.2 Å². The first kappa shape index (κ1) is 33.2. The summed E-state index contributed by atoms with van der Waals surface area (Å²) in [5, 5.41) is 24.8. The molecule has 0 atom stereocenters. The Balaban J connectivity index is -0.000000130. The number of hydrogen-bond donors (Lipinski definition) is 3. The van der Waals surface area contributed by atoms with Gasteiger partial charge in [0.05, 0.1) is 16.2 Å². The van der Waals surface area contributed by atoms with E-state index in [1.165, 1.54) is 0 Å². The molecule has 27 heavy (non-hydrogen) atoms. The first-order chi connectivity index (χ1) is 11.3. The van der Waals surface area contributed by atoms with Gasteiger partial charge in [-0.2, -0.15) is 6.08 Å². The molecule has 0 saturated heterocycles. The van der Waals surface area contributed by atoms with Crippen LogP contribution >= 0.6 is 0 Å². The zero-order valence-corrected chi connectivity index (χ0v) is 19.6. The number of carbonyl (C=O) groups is 3. The number of aliphatic carboxylic acids is 3. The first-order valence-electron chi connectivity index (χ1n) is 8.25. The summed E-state index contributed by atoms with van der Waals surface area (Å²) in [4.78, 5) is 30.1. The molecule has 6 nitrogen and oxygen atoms in total. The molecule has 1 aliphatic rings. The Hall–Kier alpha value is -1.40. The van der Waals surface area contributed by atoms with Crippen LogP contribution in [0.3, 0.4) is 0 Å². The van der Waals surface area contributed by atoms with Crippen molar-refractivity contribution < 1.29 is 51.4 Å². The molecule has 0 amide bonds. The Kier molecular flexibility index (Phi) is 18.0. The van der Waals surface area contributed by atoms with Crippen molar-refractivity contribution in [2.45, 2.75) is 68.7 Å². The van der Waals surface area contributed by atoms with Gasteiger partial charge in [-0.15, -0.1) is 6.42 Å². The molecule has 0 aromatic carbocycles. The second kappa shape index (κ2) is 14.6. The summed E-state index contributed by atoms with van der Waals surface area (Å²) < 4.78 is 0. The van der Waals surface area contributed by atoms with Gasteiger partial charge in [-0.25, -0.2) is 12.2 Å². The summed E-state index contributed by atoms with van der Waals surface area (Å²) in [5.74, 6) is -2.27. The molecule has 1 aliphatic carbocycles. The van der Waals surface area contributed by atoms with Crippen molar-refractivity contribution in [2.75, 3.05) is 0 Å². The zero-order valence-electron chi connectivity index (χ0n) is 18.0. The molecule has 0 saturated carbocycles. The quantitative estimate of drug-likeness (QED) is 0.389. The van der Waals surface area contributed by atoms with Crippen LogP contribution in [0.4, 0.5) is 0 Å². The predicted octanol–water partition coefficient (Wildman–Crippen LogP) is 4.65. The molecule has 7 heteroatoms. The van der Waals surface area contributed by atoms with Gasteiger partial charge in [-0.1, -0.05) is 0 Å². The topological polar surface area (TPSA) is 112 Å². The van der Waals surface area contributed by atoms with Crippen LogP contribution < -0.4 is 0 Å². The van der Waals surface area contributed by atoms with Gasteiger partial charge in [0.1, 0.15) is 0 Å². The van der Waals surface area contributed by atoms with Crippen molar-refractivity contribution in [1.82, 2.24) is 0 Å². The molecule has 0 spiro atoms. The monoisotopic (exact) mass is 419 g/mol. The molecule has 0 heterocycles. The number of carboxylic acid groups (broad SMARTS) is 3. The summed E-state index contributed by atoms with van der Waals surface area (Å²) in [6.07, 6.45) is 10.0. The van der Waals surface area contributed by atoms with Crippen molar-refractivity contribution in [3.63, 3.8) is 0 Å². The average Bonchev–Trinajstić information content (AvgIpc) is 2.95. The minimum absolute atomic E-state index is 0. The van der Waals surface area contributed by atoms with Gasteiger partial charge in [0.25, 0.3) is 0 Å². The largest absolute Gasteiger partial charge is 0.481 e. The summed E-state index contributed by atoms with van der Waals surface area (Å²) in [6.45, 7) is 15.0. The summed E-state index contributed by atoms with van der Waals surface area (Å²) in [6, 6.07) is 0. The maximum atomic E-state index is 10.0. The molecule has 0 fully saturated rings. The smallest absolute Gasteiger partial charge is 0.308 e. The second-order valence-corrected chi connectivity index (χ2v) is 8.67. The van der Waals surface area contributed by atoms with Crippen molar-refractivity contribution in [3.05, 3.63) is 24.3 Å².